The minimum atomic E-state index is -0.710. The average molecular weight is 426 g/mol. The molecule has 4 rings (SSSR count). The molecule has 1 saturated heterocycles. The maximum absolute atomic E-state index is 10.7. The van der Waals surface area contributed by atoms with E-state index in [0.717, 1.165) is 37.2 Å². The summed E-state index contributed by atoms with van der Waals surface area (Å²) in [6, 6.07) is 15.6. The molecule has 1 aliphatic rings. The Bertz CT molecular complexity index is 998. The number of piperidine rings is 1. The fourth-order valence-corrected chi connectivity index (χ4v) is 4.35. The predicted octanol–water partition coefficient (Wildman–Crippen LogP) is 2.45. The van der Waals surface area contributed by atoms with Crippen molar-refractivity contribution in [3.8, 4) is 11.5 Å². The van der Waals surface area contributed by atoms with E-state index in [2.05, 4.69) is 21.6 Å². The second kappa shape index (κ2) is 10.0. The molecule has 0 spiro atoms. The van der Waals surface area contributed by atoms with Gasteiger partial charge in [-0.25, -0.2) is 9.13 Å². The molecule has 3 N–H and O–H groups in total. The molecule has 1 aromatic heterocycles. The molecule has 166 valence electrons. The summed E-state index contributed by atoms with van der Waals surface area (Å²) in [5, 5.41) is 10.7. The van der Waals surface area contributed by atoms with Crippen LogP contribution >= 0.6 is 0 Å². The summed E-state index contributed by atoms with van der Waals surface area (Å²) in [5.74, 6) is 1.93. The molecule has 2 heterocycles. The summed E-state index contributed by atoms with van der Waals surface area (Å²) >= 11 is 0. The number of nitrogens with two attached hydrogens (primary N) is 1. The van der Waals surface area contributed by atoms with E-state index in [0.29, 0.717) is 24.0 Å². The summed E-state index contributed by atoms with van der Waals surface area (Å²) in [6.45, 7) is 4.67. The Labute approximate surface area is 183 Å². The van der Waals surface area contributed by atoms with Crippen molar-refractivity contribution >= 4 is 17.0 Å². The number of likely N-dealkylation sites (tertiary alicyclic amines) is 1. The number of benzene rings is 2. The Morgan fingerprint density at radius 3 is 2.48 bits per heavy atom. The first-order chi connectivity index (χ1) is 15.2. The number of rotatable bonds is 9. The van der Waals surface area contributed by atoms with Crippen molar-refractivity contribution in [3.63, 3.8) is 0 Å². The third-order valence-electron chi connectivity index (χ3n) is 6.00. The molecule has 0 saturated carbocycles. The van der Waals surface area contributed by atoms with Gasteiger partial charge in [0.1, 0.15) is 30.3 Å². The van der Waals surface area contributed by atoms with Crippen LogP contribution in [0.25, 0.3) is 11.0 Å². The van der Waals surface area contributed by atoms with Gasteiger partial charge in [-0.2, -0.15) is 0 Å². The highest BCUT2D eigenvalue weighted by Gasteiger charge is 2.24. The normalized spacial score (nSPS) is 15.8. The number of aromatic nitrogens is 2. The van der Waals surface area contributed by atoms with Crippen LogP contribution in [0.5, 0.6) is 11.5 Å². The quantitative estimate of drug-likeness (QED) is 0.515. The zero-order valence-corrected chi connectivity index (χ0v) is 18.2. The van der Waals surface area contributed by atoms with Crippen molar-refractivity contribution in [1.29, 1.82) is 0 Å². The van der Waals surface area contributed by atoms with Gasteiger partial charge in [0.15, 0.2) is 11.5 Å². The highest BCUT2D eigenvalue weighted by Crippen LogP contribution is 2.26. The van der Waals surface area contributed by atoms with Gasteiger partial charge < -0.3 is 19.5 Å². The number of aliphatic hydroxyl groups excluding tert-OH is 1. The van der Waals surface area contributed by atoms with Crippen molar-refractivity contribution in [3.05, 3.63) is 48.5 Å². The first kappa shape index (κ1) is 21.5. The number of fused-ring (bicyclic) bond motifs is 1. The molecular formula is C24H33N4O3+. The SMILES string of the molecule is COc1ccccc1OC[C@H](O)C[n+]1c(N)n(CCN2CCCCC2)c2ccccc21. The molecule has 7 nitrogen and oxygen atoms in total. The molecule has 0 radical (unpaired) electrons. The van der Waals surface area contributed by atoms with Crippen molar-refractivity contribution in [2.75, 3.05) is 39.1 Å². The van der Waals surface area contributed by atoms with Gasteiger partial charge in [0.25, 0.3) is 0 Å². The number of nitrogen functional groups attached to an aromatic ring is 1. The van der Waals surface area contributed by atoms with Crippen LogP contribution in [0.3, 0.4) is 0 Å². The van der Waals surface area contributed by atoms with Gasteiger partial charge in [0, 0.05) is 6.54 Å². The van der Waals surface area contributed by atoms with Crippen molar-refractivity contribution in [2.24, 2.45) is 0 Å². The van der Waals surface area contributed by atoms with Gasteiger partial charge in [-0.05, 0) is 50.2 Å². The van der Waals surface area contributed by atoms with Crippen LogP contribution in [0, 0.1) is 0 Å². The van der Waals surface area contributed by atoms with E-state index < -0.39 is 6.10 Å². The van der Waals surface area contributed by atoms with Crippen LogP contribution < -0.4 is 19.8 Å². The van der Waals surface area contributed by atoms with E-state index in [1.165, 1.54) is 19.3 Å². The van der Waals surface area contributed by atoms with E-state index in [-0.39, 0.29) is 6.61 Å². The lowest BCUT2D eigenvalue weighted by Gasteiger charge is -2.25. The number of ether oxygens (including phenoxy) is 2. The van der Waals surface area contributed by atoms with E-state index in [1.807, 2.05) is 41.0 Å². The topological polar surface area (TPSA) is 76.8 Å². The van der Waals surface area contributed by atoms with E-state index in [9.17, 15) is 5.11 Å². The number of methoxy groups -OCH3 is 1. The summed E-state index contributed by atoms with van der Waals surface area (Å²) in [5.41, 5.74) is 8.68. The second-order valence-electron chi connectivity index (χ2n) is 8.13. The Morgan fingerprint density at radius 1 is 1.00 bits per heavy atom. The molecule has 1 fully saturated rings. The number of hydrogen-bond donors (Lipinski definition) is 2. The van der Waals surface area contributed by atoms with Gasteiger partial charge in [0.2, 0.25) is 0 Å². The molecule has 0 unspecified atom stereocenters. The predicted molar refractivity (Wildman–Crippen MR) is 121 cm³/mol. The standard InChI is InChI=1S/C24H32N4O3/c1-30-22-11-5-6-12-23(22)31-18-19(29)17-28-21-10-4-3-9-20(21)27(24(28)25)16-15-26-13-7-2-8-14-26/h3-6,9-12,19,25,29H,2,7-8,13-18H2,1H3/p+1/t19-/m1/s1. The fourth-order valence-electron chi connectivity index (χ4n) is 4.35. The Morgan fingerprint density at radius 2 is 1.71 bits per heavy atom. The molecule has 0 bridgehead atoms. The number of aliphatic hydroxyl groups is 1. The fraction of sp³-hybridized carbons (Fsp3) is 0.458. The lowest BCUT2D eigenvalue weighted by Crippen LogP contribution is -2.44. The third kappa shape index (κ3) is 4.94. The summed E-state index contributed by atoms with van der Waals surface area (Å²) < 4.78 is 15.3. The summed E-state index contributed by atoms with van der Waals surface area (Å²) in [4.78, 5) is 2.51. The third-order valence-corrected chi connectivity index (χ3v) is 6.00. The van der Waals surface area contributed by atoms with E-state index >= 15 is 0 Å². The number of imidazole rings is 1. The van der Waals surface area contributed by atoms with E-state index in [1.54, 1.807) is 7.11 Å². The Balaban J connectivity index is 1.47. The highest BCUT2D eigenvalue weighted by molar-refractivity contribution is 5.73. The average Bonchev–Trinajstić information content (AvgIpc) is 3.08. The monoisotopic (exact) mass is 425 g/mol. The molecular weight excluding hydrogens is 392 g/mol. The minimum absolute atomic E-state index is 0.153. The first-order valence-corrected chi connectivity index (χ1v) is 11.1. The maximum atomic E-state index is 10.7. The van der Waals surface area contributed by atoms with Gasteiger partial charge in [-0.3, -0.25) is 5.73 Å². The molecule has 1 atom stereocenters. The zero-order chi connectivity index (χ0) is 21.6. The van der Waals surface area contributed by atoms with Crippen LogP contribution in [-0.4, -0.2) is 54.0 Å². The van der Waals surface area contributed by atoms with Crippen LogP contribution in [0.4, 0.5) is 5.95 Å². The largest absolute Gasteiger partial charge is 0.493 e. The summed E-state index contributed by atoms with van der Waals surface area (Å²) in [7, 11) is 1.61. The number of nitrogens with zero attached hydrogens (tertiary/aromatic N) is 3. The van der Waals surface area contributed by atoms with Gasteiger partial charge in [0.05, 0.1) is 13.7 Å². The van der Waals surface area contributed by atoms with Crippen LogP contribution in [-0.2, 0) is 13.1 Å². The van der Waals surface area contributed by atoms with Crippen LogP contribution in [0.1, 0.15) is 19.3 Å². The van der Waals surface area contributed by atoms with Gasteiger partial charge in [-0.15, -0.1) is 0 Å². The second-order valence-corrected chi connectivity index (χ2v) is 8.13. The molecule has 0 amide bonds. The van der Waals surface area contributed by atoms with Gasteiger partial charge in [-0.1, -0.05) is 30.7 Å². The molecule has 3 aromatic rings. The Kier molecular flexibility index (Phi) is 6.94. The number of anilines is 1. The highest BCUT2D eigenvalue weighted by atomic mass is 16.5. The van der Waals surface area contributed by atoms with E-state index in [4.69, 9.17) is 15.2 Å². The molecule has 7 heteroatoms. The Hall–Kier alpha value is -2.77. The first-order valence-electron chi connectivity index (χ1n) is 11.1. The zero-order valence-electron chi connectivity index (χ0n) is 18.2. The number of para-hydroxylation sites is 4. The number of hydrogen-bond acceptors (Lipinski definition) is 5. The van der Waals surface area contributed by atoms with Crippen LogP contribution in [0.15, 0.2) is 48.5 Å². The molecule has 0 aliphatic carbocycles. The lowest BCUT2D eigenvalue weighted by molar-refractivity contribution is -0.665. The summed E-state index contributed by atoms with van der Waals surface area (Å²) in [6.07, 6.45) is 3.18. The van der Waals surface area contributed by atoms with Crippen molar-refractivity contribution in [2.45, 2.75) is 38.5 Å². The van der Waals surface area contributed by atoms with Crippen molar-refractivity contribution < 1.29 is 19.1 Å². The smallest absolute Gasteiger partial charge is 0.356 e. The van der Waals surface area contributed by atoms with Gasteiger partial charge >= 0.3 is 5.95 Å². The van der Waals surface area contributed by atoms with Crippen molar-refractivity contribution in [1.82, 2.24) is 9.47 Å². The lowest BCUT2D eigenvalue weighted by atomic mass is 10.1. The maximum Gasteiger partial charge on any atom is 0.356 e. The molecule has 2 aromatic carbocycles. The molecule has 31 heavy (non-hydrogen) atoms. The van der Waals surface area contributed by atoms with Crippen LogP contribution in [0.2, 0.25) is 0 Å². The minimum Gasteiger partial charge on any atom is -0.493 e. The molecule has 1 aliphatic heterocycles.